The van der Waals surface area contributed by atoms with Crippen molar-refractivity contribution >= 4 is 27.4 Å². The van der Waals surface area contributed by atoms with Crippen LogP contribution in [0.15, 0.2) is 16.7 Å². The Kier molecular flexibility index (Phi) is 4.46. The summed E-state index contributed by atoms with van der Waals surface area (Å²) in [5.41, 5.74) is 6.86. The zero-order chi connectivity index (χ0) is 13.9. The van der Waals surface area contributed by atoms with Crippen molar-refractivity contribution in [1.29, 1.82) is 0 Å². The SMILES string of the molecule is Nc1cc(Br)cnc1N1CCC(N2CCCCC2)CC1. The molecule has 0 spiro atoms. The van der Waals surface area contributed by atoms with Crippen LogP contribution in [0.3, 0.4) is 0 Å². The van der Waals surface area contributed by atoms with Crippen molar-refractivity contribution in [2.45, 2.75) is 38.1 Å². The summed E-state index contributed by atoms with van der Waals surface area (Å²) in [4.78, 5) is 9.51. The van der Waals surface area contributed by atoms with Crippen molar-refractivity contribution in [3.8, 4) is 0 Å². The predicted molar refractivity (Wildman–Crippen MR) is 87.0 cm³/mol. The van der Waals surface area contributed by atoms with E-state index in [0.717, 1.165) is 35.1 Å². The molecule has 2 fully saturated rings. The molecular weight excluding hydrogens is 316 g/mol. The standard InChI is InChI=1S/C15H23BrN4/c16-12-10-14(17)15(18-11-12)20-8-4-13(5-9-20)19-6-2-1-3-7-19/h10-11,13H,1-9,17H2. The van der Waals surface area contributed by atoms with Crippen molar-refractivity contribution < 1.29 is 0 Å². The fourth-order valence-electron chi connectivity index (χ4n) is 3.44. The van der Waals surface area contributed by atoms with Gasteiger partial charge in [0.1, 0.15) is 0 Å². The molecule has 0 amide bonds. The Morgan fingerprint density at radius 1 is 1.10 bits per heavy atom. The van der Waals surface area contributed by atoms with Gasteiger partial charge in [0.25, 0.3) is 0 Å². The number of halogens is 1. The monoisotopic (exact) mass is 338 g/mol. The van der Waals surface area contributed by atoms with Crippen LogP contribution in [0.1, 0.15) is 32.1 Å². The molecule has 4 nitrogen and oxygen atoms in total. The third-order valence-corrected chi connectivity index (χ3v) is 4.97. The number of piperidine rings is 2. The minimum atomic E-state index is 0.767. The number of nitrogen functional groups attached to an aromatic ring is 1. The van der Waals surface area contributed by atoms with E-state index in [9.17, 15) is 0 Å². The quantitative estimate of drug-likeness (QED) is 0.900. The van der Waals surface area contributed by atoms with Crippen molar-refractivity contribution in [3.63, 3.8) is 0 Å². The number of hydrogen-bond donors (Lipinski definition) is 1. The van der Waals surface area contributed by atoms with E-state index in [1.807, 2.05) is 12.3 Å². The molecule has 0 radical (unpaired) electrons. The highest BCUT2D eigenvalue weighted by Crippen LogP contribution is 2.28. The maximum atomic E-state index is 6.09. The second-order valence-corrected chi connectivity index (χ2v) is 6.80. The highest BCUT2D eigenvalue weighted by Gasteiger charge is 2.26. The van der Waals surface area contributed by atoms with E-state index in [-0.39, 0.29) is 0 Å². The summed E-state index contributed by atoms with van der Waals surface area (Å²) in [7, 11) is 0. The van der Waals surface area contributed by atoms with Crippen molar-refractivity contribution in [2.24, 2.45) is 0 Å². The fraction of sp³-hybridized carbons (Fsp3) is 0.667. The van der Waals surface area contributed by atoms with Gasteiger partial charge >= 0.3 is 0 Å². The van der Waals surface area contributed by atoms with Crippen molar-refractivity contribution in [3.05, 3.63) is 16.7 Å². The van der Waals surface area contributed by atoms with Crippen molar-refractivity contribution in [1.82, 2.24) is 9.88 Å². The van der Waals surface area contributed by atoms with Crippen LogP contribution in [-0.4, -0.2) is 42.1 Å². The first-order valence-corrected chi connectivity index (χ1v) is 8.43. The van der Waals surface area contributed by atoms with Gasteiger partial charge in [-0.1, -0.05) is 6.42 Å². The van der Waals surface area contributed by atoms with Gasteiger partial charge in [-0.3, -0.25) is 0 Å². The van der Waals surface area contributed by atoms with Crippen LogP contribution >= 0.6 is 15.9 Å². The van der Waals surface area contributed by atoms with E-state index in [0.29, 0.717) is 0 Å². The van der Waals surface area contributed by atoms with Gasteiger partial charge < -0.3 is 15.5 Å². The summed E-state index contributed by atoms with van der Waals surface area (Å²) in [6.07, 6.45) is 8.47. The van der Waals surface area contributed by atoms with Gasteiger partial charge in [0.15, 0.2) is 5.82 Å². The number of hydrogen-bond acceptors (Lipinski definition) is 4. The first-order chi connectivity index (χ1) is 9.74. The number of likely N-dealkylation sites (tertiary alicyclic amines) is 1. The van der Waals surface area contributed by atoms with Gasteiger partial charge in [0, 0.05) is 29.8 Å². The van der Waals surface area contributed by atoms with Gasteiger partial charge in [0.05, 0.1) is 5.69 Å². The zero-order valence-electron chi connectivity index (χ0n) is 11.9. The van der Waals surface area contributed by atoms with E-state index in [4.69, 9.17) is 5.73 Å². The van der Waals surface area contributed by atoms with Crippen LogP contribution in [0, 0.1) is 0 Å². The second kappa shape index (κ2) is 6.31. The molecule has 2 saturated heterocycles. The Bertz CT molecular complexity index is 451. The average Bonchev–Trinajstić information content (AvgIpc) is 2.48. The molecule has 1 aromatic heterocycles. The third-order valence-electron chi connectivity index (χ3n) is 4.53. The predicted octanol–water partition coefficient (Wildman–Crippen LogP) is 2.88. The Morgan fingerprint density at radius 2 is 1.80 bits per heavy atom. The first-order valence-electron chi connectivity index (χ1n) is 7.64. The van der Waals surface area contributed by atoms with E-state index < -0.39 is 0 Å². The number of pyridine rings is 1. The Morgan fingerprint density at radius 3 is 2.45 bits per heavy atom. The molecule has 3 rings (SSSR count). The van der Waals surface area contributed by atoms with Crippen LogP contribution in [0.4, 0.5) is 11.5 Å². The van der Waals surface area contributed by atoms with Crippen LogP contribution < -0.4 is 10.6 Å². The zero-order valence-corrected chi connectivity index (χ0v) is 13.5. The molecule has 0 aliphatic carbocycles. The third kappa shape index (κ3) is 3.09. The maximum absolute atomic E-state index is 6.09. The van der Waals surface area contributed by atoms with E-state index in [2.05, 4.69) is 30.7 Å². The fourth-order valence-corrected chi connectivity index (χ4v) is 3.79. The lowest BCUT2D eigenvalue weighted by atomic mass is 10.00. The molecule has 3 heterocycles. The summed E-state index contributed by atoms with van der Waals surface area (Å²) < 4.78 is 0.946. The average molecular weight is 339 g/mol. The maximum Gasteiger partial charge on any atom is 0.151 e. The second-order valence-electron chi connectivity index (χ2n) is 5.88. The highest BCUT2D eigenvalue weighted by molar-refractivity contribution is 9.10. The largest absolute Gasteiger partial charge is 0.396 e. The number of nitrogens with two attached hydrogens (primary N) is 1. The molecule has 0 unspecified atom stereocenters. The van der Waals surface area contributed by atoms with E-state index in [1.165, 1.54) is 45.2 Å². The molecule has 110 valence electrons. The molecule has 2 aliphatic heterocycles. The van der Waals surface area contributed by atoms with E-state index >= 15 is 0 Å². The minimum Gasteiger partial charge on any atom is -0.396 e. The summed E-state index contributed by atoms with van der Waals surface area (Å²) in [5, 5.41) is 0. The first kappa shape index (κ1) is 14.1. The lowest BCUT2D eigenvalue weighted by molar-refractivity contribution is 0.141. The number of aromatic nitrogens is 1. The van der Waals surface area contributed by atoms with Gasteiger partial charge in [0.2, 0.25) is 0 Å². The van der Waals surface area contributed by atoms with Crippen molar-refractivity contribution in [2.75, 3.05) is 36.8 Å². The number of nitrogens with zero attached hydrogens (tertiary/aromatic N) is 3. The topological polar surface area (TPSA) is 45.4 Å². The lowest BCUT2D eigenvalue weighted by Crippen LogP contribution is -2.47. The lowest BCUT2D eigenvalue weighted by Gasteiger charge is -2.40. The molecule has 0 aromatic carbocycles. The van der Waals surface area contributed by atoms with E-state index in [1.54, 1.807) is 0 Å². The molecular formula is C15H23BrN4. The molecule has 2 N–H and O–H groups in total. The summed E-state index contributed by atoms with van der Waals surface area (Å²) in [5.74, 6) is 0.949. The smallest absolute Gasteiger partial charge is 0.151 e. The molecule has 0 bridgehead atoms. The van der Waals surface area contributed by atoms with Crippen LogP contribution in [0.25, 0.3) is 0 Å². The number of anilines is 2. The Balaban J connectivity index is 1.60. The molecule has 0 atom stereocenters. The summed E-state index contributed by atoms with van der Waals surface area (Å²) in [6.45, 7) is 4.73. The molecule has 1 aromatic rings. The highest BCUT2D eigenvalue weighted by atomic mass is 79.9. The molecule has 0 saturated carbocycles. The molecule has 5 heteroatoms. The van der Waals surface area contributed by atoms with Crippen LogP contribution in [0.5, 0.6) is 0 Å². The van der Waals surface area contributed by atoms with Gasteiger partial charge in [-0.2, -0.15) is 0 Å². The van der Waals surface area contributed by atoms with Crippen LogP contribution in [-0.2, 0) is 0 Å². The Hall–Kier alpha value is -0.810. The van der Waals surface area contributed by atoms with Crippen LogP contribution in [0.2, 0.25) is 0 Å². The summed E-state index contributed by atoms with van der Waals surface area (Å²) >= 11 is 3.41. The Labute approximate surface area is 129 Å². The number of rotatable bonds is 2. The van der Waals surface area contributed by atoms with Gasteiger partial charge in [-0.25, -0.2) is 4.98 Å². The molecule has 20 heavy (non-hydrogen) atoms. The normalized spacial score (nSPS) is 22.1. The summed E-state index contributed by atoms with van der Waals surface area (Å²) in [6, 6.07) is 2.71. The minimum absolute atomic E-state index is 0.767. The van der Waals surface area contributed by atoms with Gasteiger partial charge in [-0.05, 0) is 60.8 Å². The van der Waals surface area contributed by atoms with Gasteiger partial charge in [-0.15, -0.1) is 0 Å². The molecule has 2 aliphatic rings.